The fraction of sp³-hybridized carbons (Fsp3) is 0.583. The fourth-order valence-corrected chi connectivity index (χ4v) is 8.38. The van der Waals surface area contributed by atoms with Crippen LogP contribution in [0.5, 0.6) is 0 Å². The van der Waals surface area contributed by atoms with Crippen LogP contribution in [-0.4, -0.2) is 66.3 Å². The van der Waals surface area contributed by atoms with E-state index in [-0.39, 0.29) is 36.5 Å². The van der Waals surface area contributed by atoms with Crippen LogP contribution in [0.25, 0.3) is 0 Å². The molecule has 2 aliphatic rings. The van der Waals surface area contributed by atoms with Crippen LogP contribution in [0, 0.1) is 10.8 Å². The Balaban J connectivity index is 1.69. The zero-order chi connectivity index (χ0) is 39.4. The van der Waals surface area contributed by atoms with Crippen molar-refractivity contribution in [3.63, 3.8) is 0 Å². The second-order valence-electron chi connectivity index (χ2n) is 13.9. The van der Waals surface area contributed by atoms with Gasteiger partial charge in [-0.2, -0.15) is 26.3 Å². The van der Waals surface area contributed by atoms with E-state index >= 15 is 0 Å². The molecular weight excluding hydrogens is 831 g/mol. The molecule has 2 aromatic rings. The normalized spacial score (nSPS) is 18.5. The lowest BCUT2D eigenvalue weighted by atomic mass is 9.69. The number of rotatable bonds is 13. The Morgan fingerprint density at radius 2 is 1.32 bits per heavy atom. The van der Waals surface area contributed by atoms with Gasteiger partial charge in [0.1, 0.15) is 0 Å². The van der Waals surface area contributed by atoms with Gasteiger partial charge in [-0.1, -0.05) is 107 Å². The number of halogens is 12. The van der Waals surface area contributed by atoms with Crippen LogP contribution in [0.2, 0.25) is 0 Å². The van der Waals surface area contributed by atoms with E-state index in [1.54, 1.807) is 6.07 Å². The molecule has 0 spiro atoms. The van der Waals surface area contributed by atoms with E-state index in [4.69, 9.17) is 80.4 Å². The summed E-state index contributed by atoms with van der Waals surface area (Å²) in [5.41, 5.74) is -4.67. The van der Waals surface area contributed by atoms with Crippen molar-refractivity contribution < 1.29 is 31.1 Å². The van der Waals surface area contributed by atoms with Gasteiger partial charge in [0.25, 0.3) is 0 Å². The van der Waals surface area contributed by atoms with Gasteiger partial charge < -0.3 is 15.7 Å². The monoisotopic (exact) mass is 868 g/mol. The highest BCUT2D eigenvalue weighted by atomic mass is 35.6. The molecule has 1 heterocycles. The zero-order valence-corrected chi connectivity index (χ0v) is 33.1. The fourth-order valence-electron chi connectivity index (χ4n) is 7.42. The van der Waals surface area contributed by atoms with Gasteiger partial charge >= 0.3 is 12.4 Å². The first-order valence-corrected chi connectivity index (χ1v) is 19.4. The molecule has 0 aromatic heterocycles. The maximum Gasteiger partial charge on any atom is 0.416 e. The number of nitrogens with zero attached hydrogens (tertiary/aromatic N) is 2. The second kappa shape index (κ2) is 17.9. The molecule has 1 saturated heterocycles. The lowest BCUT2D eigenvalue weighted by Gasteiger charge is -2.42. The number of piperazine rings is 1. The van der Waals surface area contributed by atoms with Gasteiger partial charge in [-0.25, -0.2) is 0 Å². The van der Waals surface area contributed by atoms with Gasteiger partial charge in [-0.05, 0) is 74.2 Å². The van der Waals surface area contributed by atoms with Crippen LogP contribution in [0.15, 0.2) is 36.4 Å². The molecule has 2 N–H and O–H groups in total. The molecular formula is C36H40Cl6F6N4O. The van der Waals surface area contributed by atoms with Crippen LogP contribution in [0.3, 0.4) is 0 Å². The SMILES string of the molecule is N=CCC[C@](CCN1CCN(C2CCCCC2)CC1)(CC(=N)C(=O)Cc1cc(C(F)(F)F)cc(C(F)(F)F)c1)c1ccc(C(Cl)(Cl)Cl)c(C(Cl)(Cl)Cl)c1. The Bertz CT molecular complexity index is 1580. The Labute approximate surface area is 335 Å². The van der Waals surface area contributed by atoms with Crippen LogP contribution in [0.1, 0.15) is 91.2 Å². The number of carbonyl (C=O) groups is 1. The summed E-state index contributed by atoms with van der Waals surface area (Å²) in [5.74, 6) is -0.961. The summed E-state index contributed by atoms with van der Waals surface area (Å²) in [5, 5.41) is 16.8. The lowest BCUT2D eigenvalue weighted by molar-refractivity contribution is -0.143. The molecule has 294 valence electrons. The van der Waals surface area contributed by atoms with Gasteiger partial charge in [0.15, 0.2) is 5.78 Å². The molecule has 4 rings (SSSR count). The highest BCUT2D eigenvalue weighted by molar-refractivity contribution is 6.69. The van der Waals surface area contributed by atoms with Crippen molar-refractivity contribution in [2.24, 2.45) is 0 Å². The Hall–Kier alpha value is -1.31. The van der Waals surface area contributed by atoms with Crippen molar-refractivity contribution in [1.82, 2.24) is 9.80 Å². The lowest BCUT2D eigenvalue weighted by Crippen LogP contribution is -2.51. The Morgan fingerprint density at radius 1 is 0.755 bits per heavy atom. The first-order valence-electron chi connectivity index (χ1n) is 17.2. The molecule has 1 aliphatic heterocycles. The minimum atomic E-state index is -5.10. The van der Waals surface area contributed by atoms with Crippen LogP contribution in [-0.2, 0) is 36.6 Å². The van der Waals surface area contributed by atoms with Crippen LogP contribution >= 0.6 is 69.6 Å². The minimum Gasteiger partial charge on any atom is -0.313 e. The zero-order valence-electron chi connectivity index (χ0n) is 28.6. The molecule has 1 aliphatic carbocycles. The predicted octanol–water partition coefficient (Wildman–Crippen LogP) is 11.6. The van der Waals surface area contributed by atoms with Crippen molar-refractivity contribution in [2.75, 3.05) is 32.7 Å². The number of hydrogen-bond acceptors (Lipinski definition) is 5. The standard InChI is InChI=1S/C36H40Cl6F6N4O/c37-33(38,39)28-8-7-24(21-29(28)34(40,41)42)32(9-4-11-49,10-12-51-13-15-52(16-14-51)27-5-2-1-3-6-27)22-30(50)31(53)19-23-17-25(35(43,44)45)20-26(18-23)36(46,47)48/h7-8,11,17-18,20-21,27,49-50H,1-6,9-10,12-16,19,22H2/t32-/m0/s1. The average Bonchev–Trinajstić information content (AvgIpc) is 3.08. The summed E-state index contributed by atoms with van der Waals surface area (Å²) in [7, 11) is 0. The number of Topliss-reactive ketones (excluding diaryl/α,β-unsaturated/α-hetero) is 1. The molecule has 5 nitrogen and oxygen atoms in total. The van der Waals surface area contributed by atoms with Gasteiger partial charge in [-0.15, -0.1) is 0 Å². The van der Waals surface area contributed by atoms with Crippen molar-refractivity contribution in [2.45, 2.75) is 95.6 Å². The Kier molecular flexibility index (Phi) is 15.0. The van der Waals surface area contributed by atoms with E-state index in [2.05, 4.69) is 9.80 Å². The summed E-state index contributed by atoms with van der Waals surface area (Å²) in [6.45, 7) is 3.81. The molecule has 1 atom stereocenters. The first kappa shape index (κ1) is 44.4. The van der Waals surface area contributed by atoms with Crippen molar-refractivity contribution >= 4 is 87.3 Å². The van der Waals surface area contributed by atoms with E-state index in [0.29, 0.717) is 36.7 Å². The third kappa shape index (κ3) is 12.1. The number of nitrogens with one attached hydrogen (secondary N) is 2. The van der Waals surface area contributed by atoms with Gasteiger partial charge in [0, 0.05) is 61.6 Å². The number of carbonyl (C=O) groups excluding carboxylic acids is 1. The third-order valence-corrected chi connectivity index (χ3v) is 11.5. The van der Waals surface area contributed by atoms with Crippen molar-refractivity contribution in [3.8, 4) is 0 Å². The number of alkyl halides is 12. The molecule has 17 heteroatoms. The summed E-state index contributed by atoms with van der Waals surface area (Å²) in [6, 6.07) is 6.13. The molecule has 53 heavy (non-hydrogen) atoms. The predicted molar refractivity (Wildman–Crippen MR) is 202 cm³/mol. The second-order valence-corrected chi connectivity index (χ2v) is 18.4. The highest BCUT2D eigenvalue weighted by Crippen LogP contribution is 2.50. The average molecular weight is 871 g/mol. The minimum absolute atomic E-state index is 0.0141. The topological polar surface area (TPSA) is 71.2 Å². The van der Waals surface area contributed by atoms with Gasteiger partial charge in [-0.3, -0.25) is 9.69 Å². The number of benzene rings is 2. The number of ketones is 1. The van der Waals surface area contributed by atoms with Crippen LogP contribution in [0.4, 0.5) is 26.3 Å². The van der Waals surface area contributed by atoms with E-state index in [1.807, 2.05) is 0 Å². The summed E-state index contributed by atoms with van der Waals surface area (Å²) < 4.78 is 77.3. The molecule has 0 unspecified atom stereocenters. The largest absolute Gasteiger partial charge is 0.416 e. The molecule has 0 amide bonds. The molecule has 1 saturated carbocycles. The summed E-state index contributed by atoms with van der Waals surface area (Å²) >= 11 is 37.8. The first-order chi connectivity index (χ1) is 24.5. The van der Waals surface area contributed by atoms with Crippen molar-refractivity contribution in [1.29, 1.82) is 10.8 Å². The van der Waals surface area contributed by atoms with E-state index in [1.165, 1.54) is 50.5 Å². The van der Waals surface area contributed by atoms with E-state index in [0.717, 1.165) is 26.2 Å². The highest BCUT2D eigenvalue weighted by Gasteiger charge is 2.41. The maximum atomic E-state index is 13.6. The van der Waals surface area contributed by atoms with Gasteiger partial charge in [0.2, 0.25) is 7.59 Å². The maximum absolute atomic E-state index is 13.6. The quantitative estimate of drug-likeness (QED) is 0.120. The van der Waals surface area contributed by atoms with Crippen molar-refractivity contribution in [3.05, 3.63) is 69.8 Å². The summed E-state index contributed by atoms with van der Waals surface area (Å²) in [4.78, 5) is 18.4. The van der Waals surface area contributed by atoms with E-state index in [9.17, 15) is 31.1 Å². The third-order valence-electron chi connectivity index (χ3n) is 10.3. The smallest absolute Gasteiger partial charge is 0.313 e. The van der Waals surface area contributed by atoms with Gasteiger partial charge in [0.05, 0.1) is 16.8 Å². The molecule has 2 fully saturated rings. The van der Waals surface area contributed by atoms with Crippen LogP contribution < -0.4 is 0 Å². The molecule has 0 radical (unpaired) electrons. The number of hydrogen-bond donors (Lipinski definition) is 2. The Morgan fingerprint density at radius 3 is 1.83 bits per heavy atom. The molecule has 0 bridgehead atoms. The molecule has 2 aromatic carbocycles. The summed E-state index contributed by atoms with van der Waals surface area (Å²) in [6.07, 6.45) is -3.37. The van der Waals surface area contributed by atoms with E-state index < -0.39 is 60.0 Å².